The first-order valence-electron chi connectivity index (χ1n) is 5.08. The summed E-state index contributed by atoms with van der Waals surface area (Å²) in [5.74, 6) is -1.81. The monoisotopic (exact) mass is 262 g/mol. The zero-order valence-electron chi connectivity index (χ0n) is 9.03. The highest BCUT2D eigenvalue weighted by Crippen LogP contribution is 2.16. The number of hydrogen-bond donors (Lipinski definition) is 1. The molecule has 1 fully saturated rings. The van der Waals surface area contributed by atoms with Crippen LogP contribution >= 0.6 is 12.4 Å². The number of carbonyl (C=O) groups excluding carboxylic acids is 1. The molecular weight excluding hydrogens is 250 g/mol. The Bertz CT molecular complexity index is 428. The summed E-state index contributed by atoms with van der Waals surface area (Å²) >= 11 is 0. The van der Waals surface area contributed by atoms with Gasteiger partial charge < -0.3 is 10.6 Å². The van der Waals surface area contributed by atoms with Crippen LogP contribution in [-0.2, 0) is 0 Å². The molecule has 1 heterocycles. The molecule has 1 aromatic carbocycles. The first kappa shape index (κ1) is 13.9. The minimum atomic E-state index is -0.702. The number of amides is 1. The molecule has 1 aliphatic heterocycles. The Hall–Kier alpha value is -1.20. The molecule has 0 aliphatic carbocycles. The Morgan fingerprint density at radius 3 is 2.71 bits per heavy atom. The van der Waals surface area contributed by atoms with Gasteiger partial charge in [-0.15, -0.1) is 12.4 Å². The van der Waals surface area contributed by atoms with Gasteiger partial charge in [0.15, 0.2) is 0 Å². The molecule has 1 amide bonds. The van der Waals surface area contributed by atoms with Gasteiger partial charge in [-0.25, -0.2) is 8.78 Å². The third-order valence-corrected chi connectivity index (χ3v) is 2.67. The van der Waals surface area contributed by atoms with Gasteiger partial charge in [-0.2, -0.15) is 0 Å². The largest absolute Gasteiger partial charge is 0.337 e. The molecule has 1 atom stereocenters. The molecule has 1 aromatic rings. The van der Waals surface area contributed by atoms with Gasteiger partial charge in [0.05, 0.1) is 5.56 Å². The van der Waals surface area contributed by atoms with Crippen molar-refractivity contribution in [3.05, 3.63) is 35.4 Å². The lowest BCUT2D eigenvalue weighted by atomic mass is 10.2. The molecule has 17 heavy (non-hydrogen) atoms. The van der Waals surface area contributed by atoms with Crippen LogP contribution in [0.2, 0.25) is 0 Å². The Balaban J connectivity index is 0.00000144. The van der Waals surface area contributed by atoms with Gasteiger partial charge in [0.2, 0.25) is 0 Å². The summed E-state index contributed by atoms with van der Waals surface area (Å²) in [5.41, 5.74) is 5.42. The predicted octanol–water partition coefficient (Wildman–Crippen LogP) is 1.56. The average Bonchev–Trinajstić information content (AvgIpc) is 2.67. The molecule has 0 saturated carbocycles. The first-order valence-corrected chi connectivity index (χ1v) is 5.08. The summed E-state index contributed by atoms with van der Waals surface area (Å²) in [5, 5.41) is 0. The normalized spacial score (nSPS) is 19.0. The van der Waals surface area contributed by atoms with Gasteiger partial charge in [-0.1, -0.05) is 0 Å². The highest BCUT2D eigenvalue weighted by molar-refractivity contribution is 5.94. The molecule has 6 heteroatoms. The zero-order chi connectivity index (χ0) is 11.7. The summed E-state index contributed by atoms with van der Waals surface area (Å²) in [4.78, 5) is 13.3. The second-order valence-corrected chi connectivity index (χ2v) is 3.92. The fraction of sp³-hybridized carbons (Fsp3) is 0.364. The van der Waals surface area contributed by atoms with E-state index < -0.39 is 17.5 Å². The van der Waals surface area contributed by atoms with Crippen LogP contribution in [0.25, 0.3) is 0 Å². The van der Waals surface area contributed by atoms with Crippen LogP contribution in [0.15, 0.2) is 18.2 Å². The van der Waals surface area contributed by atoms with E-state index in [1.807, 2.05) is 0 Å². The van der Waals surface area contributed by atoms with Gasteiger partial charge in [0.1, 0.15) is 11.6 Å². The van der Waals surface area contributed by atoms with Crippen LogP contribution in [-0.4, -0.2) is 29.9 Å². The Labute approximate surface area is 104 Å². The van der Waals surface area contributed by atoms with Crippen LogP contribution < -0.4 is 5.73 Å². The van der Waals surface area contributed by atoms with E-state index in [0.29, 0.717) is 19.5 Å². The lowest BCUT2D eigenvalue weighted by Crippen LogP contribution is -2.32. The van der Waals surface area contributed by atoms with Crippen molar-refractivity contribution < 1.29 is 13.6 Å². The van der Waals surface area contributed by atoms with E-state index in [0.717, 1.165) is 18.2 Å². The van der Waals surface area contributed by atoms with Crippen molar-refractivity contribution in [3.63, 3.8) is 0 Å². The number of likely N-dealkylation sites (tertiary alicyclic amines) is 1. The standard InChI is InChI=1S/C11H12F2N2O.ClH/c12-7-1-2-10(13)9(5-7)11(16)15-4-3-8(14)6-15;/h1-2,5,8H,3-4,6,14H2;1H/t8-;/m0./s1. The summed E-state index contributed by atoms with van der Waals surface area (Å²) in [6, 6.07) is 2.79. The molecule has 94 valence electrons. The average molecular weight is 263 g/mol. The van der Waals surface area contributed by atoms with E-state index in [1.54, 1.807) is 0 Å². The Morgan fingerprint density at radius 1 is 1.41 bits per heavy atom. The molecule has 0 radical (unpaired) electrons. The summed E-state index contributed by atoms with van der Waals surface area (Å²) in [6.45, 7) is 0.894. The van der Waals surface area contributed by atoms with E-state index in [2.05, 4.69) is 0 Å². The van der Waals surface area contributed by atoms with Gasteiger partial charge in [0.25, 0.3) is 5.91 Å². The van der Waals surface area contributed by atoms with Crippen LogP contribution in [0.5, 0.6) is 0 Å². The van der Waals surface area contributed by atoms with E-state index >= 15 is 0 Å². The number of rotatable bonds is 1. The highest BCUT2D eigenvalue weighted by Gasteiger charge is 2.26. The van der Waals surface area contributed by atoms with Crippen molar-refractivity contribution >= 4 is 18.3 Å². The highest BCUT2D eigenvalue weighted by atomic mass is 35.5. The van der Waals surface area contributed by atoms with Crippen LogP contribution in [0.3, 0.4) is 0 Å². The van der Waals surface area contributed by atoms with Gasteiger partial charge in [-0.05, 0) is 24.6 Å². The minimum absolute atomic E-state index is 0. The smallest absolute Gasteiger partial charge is 0.256 e. The van der Waals surface area contributed by atoms with Gasteiger partial charge in [0, 0.05) is 19.1 Å². The third-order valence-electron chi connectivity index (χ3n) is 2.67. The van der Waals surface area contributed by atoms with Crippen molar-refractivity contribution in [1.82, 2.24) is 4.90 Å². The maximum Gasteiger partial charge on any atom is 0.256 e. The maximum atomic E-state index is 13.3. The molecular formula is C11H13ClF2N2O. The van der Waals surface area contributed by atoms with E-state index in [4.69, 9.17) is 5.73 Å². The van der Waals surface area contributed by atoms with Crippen LogP contribution in [0.1, 0.15) is 16.8 Å². The number of nitrogens with zero attached hydrogens (tertiary/aromatic N) is 1. The lowest BCUT2D eigenvalue weighted by molar-refractivity contribution is 0.0785. The fourth-order valence-corrected chi connectivity index (χ4v) is 1.80. The van der Waals surface area contributed by atoms with E-state index in [9.17, 15) is 13.6 Å². The molecule has 0 bridgehead atoms. The van der Waals surface area contributed by atoms with E-state index in [1.165, 1.54) is 4.90 Å². The number of hydrogen-bond acceptors (Lipinski definition) is 2. The van der Waals surface area contributed by atoms with Crippen LogP contribution in [0, 0.1) is 11.6 Å². The Morgan fingerprint density at radius 2 is 2.12 bits per heavy atom. The SMILES string of the molecule is Cl.N[C@H]1CCN(C(=O)c2cc(F)ccc2F)C1. The Kier molecular flexibility index (Phi) is 4.42. The predicted molar refractivity (Wildman–Crippen MR) is 62.1 cm³/mol. The zero-order valence-corrected chi connectivity index (χ0v) is 9.84. The maximum absolute atomic E-state index is 13.3. The summed E-state index contributed by atoms with van der Waals surface area (Å²) in [6.07, 6.45) is 0.697. The number of halogens is 3. The fourth-order valence-electron chi connectivity index (χ4n) is 1.80. The van der Waals surface area contributed by atoms with Crippen LogP contribution in [0.4, 0.5) is 8.78 Å². The first-order chi connectivity index (χ1) is 7.58. The van der Waals surface area contributed by atoms with Crippen molar-refractivity contribution in [2.75, 3.05) is 13.1 Å². The van der Waals surface area contributed by atoms with Crippen molar-refractivity contribution in [2.45, 2.75) is 12.5 Å². The van der Waals surface area contributed by atoms with Crippen molar-refractivity contribution in [1.29, 1.82) is 0 Å². The van der Waals surface area contributed by atoms with Gasteiger partial charge in [-0.3, -0.25) is 4.79 Å². The lowest BCUT2D eigenvalue weighted by Gasteiger charge is -2.16. The second kappa shape index (κ2) is 5.42. The molecule has 2 N–H and O–H groups in total. The molecule has 3 nitrogen and oxygen atoms in total. The third kappa shape index (κ3) is 2.92. The number of nitrogens with two attached hydrogens (primary N) is 1. The molecule has 1 saturated heterocycles. The molecule has 0 unspecified atom stereocenters. The summed E-state index contributed by atoms with van der Waals surface area (Å²) < 4.78 is 26.2. The topological polar surface area (TPSA) is 46.3 Å². The van der Waals surface area contributed by atoms with Crippen molar-refractivity contribution in [3.8, 4) is 0 Å². The molecule has 1 aliphatic rings. The number of carbonyl (C=O) groups is 1. The molecule has 2 rings (SSSR count). The van der Waals surface area contributed by atoms with E-state index in [-0.39, 0.29) is 24.0 Å². The van der Waals surface area contributed by atoms with Crippen molar-refractivity contribution in [2.24, 2.45) is 5.73 Å². The molecule has 0 spiro atoms. The van der Waals surface area contributed by atoms with Gasteiger partial charge >= 0.3 is 0 Å². The second-order valence-electron chi connectivity index (χ2n) is 3.92. The summed E-state index contributed by atoms with van der Waals surface area (Å²) in [7, 11) is 0. The number of benzene rings is 1. The minimum Gasteiger partial charge on any atom is -0.337 e. The molecule has 0 aromatic heterocycles. The quantitative estimate of drug-likeness (QED) is 0.835.